The zero-order valence-corrected chi connectivity index (χ0v) is 18.0. The Kier molecular flexibility index (Phi) is 5.29. The van der Waals surface area contributed by atoms with Gasteiger partial charge in [0.05, 0.1) is 16.8 Å². The van der Waals surface area contributed by atoms with Crippen LogP contribution < -0.4 is 16.0 Å². The summed E-state index contributed by atoms with van der Waals surface area (Å²) in [6, 6.07) is 16.5. The molecule has 2 aliphatic heterocycles. The standard InChI is InChI=1S/C25H20N4O5/c30-20-12-11-19(22(31)28-20)29-23(32)17-9-3-7-15(21(17)24(29)33)13-26-25(34)27-18-10-4-6-14-5-1-2-8-16(14)18/h1-10,19H,11-13H2,(H2,26,27,34)(H,28,30,31). The minimum absolute atomic E-state index is 0.00197. The summed E-state index contributed by atoms with van der Waals surface area (Å²) in [5.74, 6) is -2.29. The number of hydrogen-bond donors (Lipinski definition) is 3. The molecule has 170 valence electrons. The second-order valence-electron chi connectivity index (χ2n) is 8.12. The predicted molar refractivity (Wildman–Crippen MR) is 123 cm³/mol. The van der Waals surface area contributed by atoms with Crippen LogP contribution in [0.15, 0.2) is 60.7 Å². The first-order valence-electron chi connectivity index (χ1n) is 10.8. The highest BCUT2D eigenvalue weighted by molar-refractivity contribution is 6.24. The van der Waals surface area contributed by atoms with Crippen LogP contribution in [0.4, 0.5) is 10.5 Å². The number of urea groups is 1. The number of carbonyl (C=O) groups excluding carboxylic acids is 5. The van der Waals surface area contributed by atoms with Crippen LogP contribution in [0.2, 0.25) is 0 Å². The van der Waals surface area contributed by atoms with Gasteiger partial charge in [-0.1, -0.05) is 48.5 Å². The molecule has 2 aliphatic rings. The van der Waals surface area contributed by atoms with Crippen LogP contribution in [0.3, 0.4) is 0 Å². The lowest BCUT2D eigenvalue weighted by atomic mass is 10.0. The van der Waals surface area contributed by atoms with Gasteiger partial charge >= 0.3 is 6.03 Å². The number of nitrogens with one attached hydrogen (secondary N) is 3. The van der Waals surface area contributed by atoms with E-state index in [9.17, 15) is 24.0 Å². The van der Waals surface area contributed by atoms with Crippen LogP contribution in [0.1, 0.15) is 39.1 Å². The molecular weight excluding hydrogens is 436 g/mol. The molecule has 3 aromatic carbocycles. The van der Waals surface area contributed by atoms with E-state index in [1.54, 1.807) is 18.2 Å². The van der Waals surface area contributed by atoms with Gasteiger partial charge in [-0.05, 0) is 29.5 Å². The third kappa shape index (κ3) is 3.66. The maximum absolute atomic E-state index is 13.1. The summed E-state index contributed by atoms with van der Waals surface area (Å²) >= 11 is 0. The number of anilines is 1. The molecule has 9 nitrogen and oxygen atoms in total. The Hall–Kier alpha value is -4.53. The van der Waals surface area contributed by atoms with Gasteiger partial charge in [0.2, 0.25) is 11.8 Å². The Balaban J connectivity index is 1.33. The highest BCUT2D eigenvalue weighted by Crippen LogP contribution is 2.30. The number of fused-ring (bicyclic) bond motifs is 2. The summed E-state index contributed by atoms with van der Waals surface area (Å²) in [5, 5.41) is 9.60. The van der Waals surface area contributed by atoms with Crippen LogP contribution in [0.25, 0.3) is 10.8 Å². The molecule has 1 atom stereocenters. The molecule has 0 bridgehead atoms. The van der Waals surface area contributed by atoms with Gasteiger partial charge in [-0.15, -0.1) is 0 Å². The first-order chi connectivity index (χ1) is 16.4. The number of amides is 6. The van der Waals surface area contributed by atoms with E-state index in [2.05, 4.69) is 16.0 Å². The van der Waals surface area contributed by atoms with Crippen molar-refractivity contribution in [3.63, 3.8) is 0 Å². The predicted octanol–water partition coefficient (Wildman–Crippen LogP) is 2.56. The maximum Gasteiger partial charge on any atom is 0.319 e. The molecule has 3 N–H and O–H groups in total. The number of piperidine rings is 1. The van der Waals surface area contributed by atoms with E-state index in [1.807, 2.05) is 36.4 Å². The Labute approximate surface area is 194 Å². The highest BCUT2D eigenvalue weighted by atomic mass is 16.2. The van der Waals surface area contributed by atoms with Crippen molar-refractivity contribution < 1.29 is 24.0 Å². The van der Waals surface area contributed by atoms with Crippen molar-refractivity contribution in [3.8, 4) is 0 Å². The lowest BCUT2D eigenvalue weighted by Gasteiger charge is -2.27. The summed E-state index contributed by atoms with van der Waals surface area (Å²) in [6.07, 6.45) is 0.129. The molecular formula is C25H20N4O5. The maximum atomic E-state index is 13.1. The summed E-state index contributed by atoms with van der Waals surface area (Å²) in [7, 11) is 0. The largest absolute Gasteiger partial charge is 0.334 e. The van der Waals surface area contributed by atoms with Crippen LogP contribution in [0.5, 0.6) is 0 Å². The number of carbonyl (C=O) groups is 5. The first-order valence-corrected chi connectivity index (χ1v) is 10.8. The van der Waals surface area contributed by atoms with Gasteiger partial charge in [-0.2, -0.15) is 0 Å². The first kappa shape index (κ1) is 21.3. The second-order valence-corrected chi connectivity index (χ2v) is 8.12. The minimum Gasteiger partial charge on any atom is -0.334 e. The summed E-state index contributed by atoms with van der Waals surface area (Å²) < 4.78 is 0. The molecule has 34 heavy (non-hydrogen) atoms. The molecule has 5 rings (SSSR count). The fourth-order valence-electron chi connectivity index (χ4n) is 4.41. The topological polar surface area (TPSA) is 125 Å². The smallest absolute Gasteiger partial charge is 0.319 e. The molecule has 0 radical (unpaired) electrons. The number of benzene rings is 3. The van der Waals surface area contributed by atoms with Crippen molar-refractivity contribution >= 4 is 46.1 Å². The molecule has 0 aliphatic carbocycles. The molecule has 0 saturated carbocycles. The summed E-state index contributed by atoms with van der Waals surface area (Å²) in [6.45, 7) is 0.00197. The van der Waals surface area contributed by atoms with Gasteiger partial charge < -0.3 is 10.6 Å². The molecule has 0 spiro atoms. The fraction of sp³-hybridized carbons (Fsp3) is 0.160. The van der Waals surface area contributed by atoms with Crippen molar-refractivity contribution in [2.45, 2.75) is 25.4 Å². The van der Waals surface area contributed by atoms with Crippen LogP contribution in [-0.4, -0.2) is 40.6 Å². The average Bonchev–Trinajstić information content (AvgIpc) is 3.08. The molecule has 0 aromatic heterocycles. The molecule has 3 aromatic rings. The van der Waals surface area contributed by atoms with Crippen molar-refractivity contribution in [2.24, 2.45) is 0 Å². The third-order valence-electron chi connectivity index (χ3n) is 6.03. The van der Waals surface area contributed by atoms with E-state index in [4.69, 9.17) is 0 Å². The van der Waals surface area contributed by atoms with Crippen molar-refractivity contribution in [2.75, 3.05) is 5.32 Å². The summed E-state index contributed by atoms with van der Waals surface area (Å²) in [4.78, 5) is 63.3. The molecule has 1 fully saturated rings. The minimum atomic E-state index is -1.04. The van der Waals surface area contributed by atoms with Gasteiger partial charge in [0.25, 0.3) is 11.8 Å². The Morgan fingerprint density at radius 1 is 0.941 bits per heavy atom. The van der Waals surface area contributed by atoms with Crippen LogP contribution in [0, 0.1) is 0 Å². The summed E-state index contributed by atoms with van der Waals surface area (Å²) in [5.41, 5.74) is 1.43. The van der Waals surface area contributed by atoms with Gasteiger partial charge in [0.1, 0.15) is 6.04 Å². The quantitative estimate of drug-likeness (QED) is 0.521. The number of rotatable bonds is 4. The van der Waals surface area contributed by atoms with Crippen molar-refractivity contribution in [1.29, 1.82) is 0 Å². The Morgan fingerprint density at radius 3 is 2.53 bits per heavy atom. The Bertz CT molecular complexity index is 1380. The number of hydrogen-bond acceptors (Lipinski definition) is 5. The molecule has 2 heterocycles. The number of nitrogens with zero attached hydrogens (tertiary/aromatic N) is 1. The molecule has 6 amide bonds. The Morgan fingerprint density at radius 2 is 1.71 bits per heavy atom. The van der Waals surface area contributed by atoms with E-state index in [1.165, 1.54) is 6.07 Å². The number of imide groups is 2. The fourth-order valence-corrected chi connectivity index (χ4v) is 4.41. The third-order valence-corrected chi connectivity index (χ3v) is 6.03. The van der Waals surface area contributed by atoms with E-state index in [-0.39, 0.29) is 30.5 Å². The molecule has 9 heteroatoms. The van der Waals surface area contributed by atoms with Gasteiger partial charge in [0.15, 0.2) is 0 Å². The molecule has 1 saturated heterocycles. The van der Waals surface area contributed by atoms with E-state index < -0.39 is 35.7 Å². The lowest BCUT2D eigenvalue weighted by Crippen LogP contribution is -2.54. The molecule has 1 unspecified atom stereocenters. The SMILES string of the molecule is O=C1CCC(N2C(=O)c3cccc(CNC(=O)Nc4cccc5ccccc45)c3C2=O)C(=O)N1. The zero-order chi connectivity index (χ0) is 23.8. The van der Waals surface area contributed by atoms with Gasteiger partial charge in [-0.25, -0.2) is 4.79 Å². The second kappa shape index (κ2) is 8.43. The zero-order valence-electron chi connectivity index (χ0n) is 18.0. The monoisotopic (exact) mass is 456 g/mol. The normalized spacial score (nSPS) is 17.5. The lowest BCUT2D eigenvalue weighted by molar-refractivity contribution is -0.136. The van der Waals surface area contributed by atoms with E-state index in [0.29, 0.717) is 11.3 Å². The van der Waals surface area contributed by atoms with Crippen molar-refractivity contribution in [3.05, 3.63) is 77.4 Å². The van der Waals surface area contributed by atoms with Gasteiger partial charge in [-0.3, -0.25) is 29.4 Å². The van der Waals surface area contributed by atoms with E-state index in [0.717, 1.165) is 15.7 Å². The van der Waals surface area contributed by atoms with Crippen molar-refractivity contribution in [1.82, 2.24) is 15.5 Å². The van der Waals surface area contributed by atoms with E-state index >= 15 is 0 Å². The van der Waals surface area contributed by atoms with Gasteiger partial charge in [0, 0.05) is 18.4 Å². The highest BCUT2D eigenvalue weighted by Gasteiger charge is 2.45. The van der Waals surface area contributed by atoms with Crippen LogP contribution >= 0.6 is 0 Å². The average molecular weight is 456 g/mol. The van der Waals surface area contributed by atoms with Crippen LogP contribution in [-0.2, 0) is 16.1 Å².